The maximum Gasteiger partial charge on any atom is 0.241 e. The van der Waals surface area contributed by atoms with E-state index < -0.39 is 6.04 Å². The molecule has 0 heterocycles. The first-order valence-electron chi connectivity index (χ1n) is 6.25. The zero-order chi connectivity index (χ0) is 15.4. The molecular weight excluding hydrogens is 311 g/mol. The minimum absolute atomic E-state index is 0.262. The Morgan fingerprint density at radius 2 is 1.86 bits per heavy atom. The lowest BCUT2D eigenvalue weighted by Crippen LogP contribution is -2.32. The van der Waals surface area contributed by atoms with Gasteiger partial charge in [0.1, 0.15) is 11.5 Å². The van der Waals surface area contributed by atoms with Crippen molar-refractivity contribution >= 4 is 34.8 Å². The van der Waals surface area contributed by atoms with Gasteiger partial charge in [-0.05, 0) is 31.2 Å². The number of anilines is 1. The van der Waals surface area contributed by atoms with Gasteiger partial charge in [-0.1, -0.05) is 29.3 Å². The van der Waals surface area contributed by atoms with Crippen molar-refractivity contribution in [2.75, 3.05) is 5.32 Å². The molecule has 0 spiro atoms. The quantitative estimate of drug-likeness (QED) is 0.890. The summed E-state index contributed by atoms with van der Waals surface area (Å²) in [7, 11) is 0. The normalized spacial score (nSPS) is 11.8. The van der Waals surface area contributed by atoms with Crippen LogP contribution in [0.2, 0.25) is 10.0 Å². The molecule has 0 radical (unpaired) electrons. The van der Waals surface area contributed by atoms with Gasteiger partial charge in [-0.15, -0.1) is 0 Å². The van der Waals surface area contributed by atoms with Crippen molar-refractivity contribution < 1.29 is 9.53 Å². The van der Waals surface area contributed by atoms with Crippen LogP contribution in [-0.2, 0) is 4.79 Å². The van der Waals surface area contributed by atoms with Gasteiger partial charge in [0.05, 0.1) is 16.1 Å². The van der Waals surface area contributed by atoms with Crippen LogP contribution in [-0.4, -0.2) is 11.9 Å². The summed E-state index contributed by atoms with van der Waals surface area (Å²) < 4.78 is 5.67. The summed E-state index contributed by atoms with van der Waals surface area (Å²) in [5.41, 5.74) is 6.11. The second kappa shape index (κ2) is 6.80. The van der Waals surface area contributed by atoms with E-state index in [0.29, 0.717) is 27.2 Å². The lowest BCUT2D eigenvalue weighted by molar-refractivity contribution is -0.117. The highest BCUT2D eigenvalue weighted by Crippen LogP contribution is 2.30. The van der Waals surface area contributed by atoms with Gasteiger partial charge in [-0.25, -0.2) is 0 Å². The number of benzene rings is 2. The Balaban J connectivity index is 2.13. The smallest absolute Gasteiger partial charge is 0.241 e. The minimum Gasteiger partial charge on any atom is -0.457 e. The average Bonchev–Trinajstić information content (AvgIpc) is 2.43. The summed E-state index contributed by atoms with van der Waals surface area (Å²) in [5.74, 6) is 0.859. The van der Waals surface area contributed by atoms with Gasteiger partial charge in [-0.3, -0.25) is 4.79 Å². The first-order chi connectivity index (χ1) is 9.95. The highest BCUT2D eigenvalue weighted by molar-refractivity contribution is 6.42. The van der Waals surface area contributed by atoms with E-state index >= 15 is 0 Å². The van der Waals surface area contributed by atoms with Gasteiger partial charge in [0.2, 0.25) is 5.91 Å². The third-order valence-corrected chi connectivity index (χ3v) is 3.38. The van der Waals surface area contributed by atoms with E-state index in [0.717, 1.165) is 0 Å². The monoisotopic (exact) mass is 324 g/mol. The second-order valence-corrected chi connectivity index (χ2v) is 5.30. The fraction of sp³-hybridized carbons (Fsp3) is 0.133. The number of carbonyl (C=O) groups is 1. The lowest BCUT2D eigenvalue weighted by atomic mass is 10.2. The Labute approximate surface area is 132 Å². The highest BCUT2D eigenvalue weighted by atomic mass is 35.5. The van der Waals surface area contributed by atoms with Gasteiger partial charge in [0, 0.05) is 17.8 Å². The first-order valence-corrected chi connectivity index (χ1v) is 7.01. The first kappa shape index (κ1) is 15.6. The van der Waals surface area contributed by atoms with Crippen LogP contribution in [0, 0.1) is 0 Å². The van der Waals surface area contributed by atoms with Gasteiger partial charge in [0.25, 0.3) is 0 Å². The number of hydrogen-bond acceptors (Lipinski definition) is 3. The SMILES string of the molecule is CC(N)C(=O)Nc1cccc(Oc2ccc(Cl)c(Cl)c2)c1. The number of hydrogen-bond donors (Lipinski definition) is 2. The molecule has 0 saturated heterocycles. The summed E-state index contributed by atoms with van der Waals surface area (Å²) in [6, 6.07) is 11.4. The number of amides is 1. The van der Waals surface area contributed by atoms with Crippen molar-refractivity contribution in [3.8, 4) is 11.5 Å². The molecule has 2 aromatic rings. The molecular formula is C15H14Cl2N2O2. The van der Waals surface area contributed by atoms with Crippen molar-refractivity contribution in [1.82, 2.24) is 0 Å². The van der Waals surface area contributed by atoms with Crippen LogP contribution in [0.1, 0.15) is 6.92 Å². The molecule has 21 heavy (non-hydrogen) atoms. The number of halogens is 2. The molecule has 1 atom stereocenters. The molecule has 6 heteroatoms. The Hall–Kier alpha value is -1.75. The fourth-order valence-electron chi connectivity index (χ4n) is 1.57. The Morgan fingerprint density at radius 3 is 2.52 bits per heavy atom. The van der Waals surface area contributed by atoms with E-state index in [1.54, 1.807) is 49.4 Å². The van der Waals surface area contributed by atoms with E-state index in [9.17, 15) is 4.79 Å². The van der Waals surface area contributed by atoms with Gasteiger partial charge in [-0.2, -0.15) is 0 Å². The predicted octanol–water partition coefficient (Wildman–Crippen LogP) is 4.07. The Kier molecular flexibility index (Phi) is 5.07. The molecule has 110 valence electrons. The third-order valence-electron chi connectivity index (χ3n) is 2.64. The van der Waals surface area contributed by atoms with E-state index in [2.05, 4.69) is 5.32 Å². The van der Waals surface area contributed by atoms with Gasteiger partial charge >= 0.3 is 0 Å². The van der Waals surface area contributed by atoms with Crippen molar-refractivity contribution in [1.29, 1.82) is 0 Å². The molecule has 2 rings (SSSR count). The molecule has 0 aliphatic rings. The van der Waals surface area contributed by atoms with Crippen molar-refractivity contribution in [2.45, 2.75) is 13.0 Å². The molecule has 4 nitrogen and oxygen atoms in total. The fourth-order valence-corrected chi connectivity index (χ4v) is 1.86. The zero-order valence-corrected chi connectivity index (χ0v) is 12.8. The van der Waals surface area contributed by atoms with Crippen LogP contribution >= 0.6 is 23.2 Å². The molecule has 0 saturated carbocycles. The van der Waals surface area contributed by atoms with E-state index in [4.69, 9.17) is 33.7 Å². The summed E-state index contributed by atoms with van der Waals surface area (Å²) in [5, 5.41) is 3.57. The summed E-state index contributed by atoms with van der Waals surface area (Å²) in [6.45, 7) is 1.62. The second-order valence-electron chi connectivity index (χ2n) is 4.48. The molecule has 0 fully saturated rings. The molecule has 0 aliphatic heterocycles. The number of nitrogens with two attached hydrogens (primary N) is 1. The van der Waals surface area contributed by atoms with Crippen LogP contribution in [0.5, 0.6) is 11.5 Å². The van der Waals surface area contributed by atoms with Crippen LogP contribution < -0.4 is 15.8 Å². The maximum atomic E-state index is 11.6. The van der Waals surface area contributed by atoms with E-state index in [1.165, 1.54) is 0 Å². The van der Waals surface area contributed by atoms with Gasteiger partial charge in [0.15, 0.2) is 0 Å². The molecule has 2 aromatic carbocycles. The molecule has 0 bridgehead atoms. The van der Waals surface area contributed by atoms with E-state index in [1.807, 2.05) is 0 Å². The van der Waals surface area contributed by atoms with Crippen molar-refractivity contribution in [3.63, 3.8) is 0 Å². The van der Waals surface area contributed by atoms with Crippen molar-refractivity contribution in [3.05, 3.63) is 52.5 Å². The summed E-state index contributed by atoms with van der Waals surface area (Å²) in [6.07, 6.45) is 0. The largest absolute Gasteiger partial charge is 0.457 e. The van der Waals surface area contributed by atoms with Crippen LogP contribution in [0.4, 0.5) is 5.69 Å². The topological polar surface area (TPSA) is 64.4 Å². The van der Waals surface area contributed by atoms with Crippen LogP contribution in [0.3, 0.4) is 0 Å². The summed E-state index contributed by atoms with van der Waals surface area (Å²) in [4.78, 5) is 11.6. The zero-order valence-electron chi connectivity index (χ0n) is 11.3. The average molecular weight is 325 g/mol. The number of carbonyl (C=O) groups excluding carboxylic acids is 1. The number of rotatable bonds is 4. The molecule has 0 aliphatic carbocycles. The number of nitrogens with one attached hydrogen (secondary N) is 1. The molecule has 3 N–H and O–H groups in total. The minimum atomic E-state index is -0.579. The van der Waals surface area contributed by atoms with E-state index in [-0.39, 0.29) is 5.91 Å². The van der Waals surface area contributed by atoms with Crippen molar-refractivity contribution in [2.24, 2.45) is 5.73 Å². The maximum absolute atomic E-state index is 11.6. The Bertz CT molecular complexity index is 660. The molecule has 1 amide bonds. The lowest BCUT2D eigenvalue weighted by Gasteiger charge is -2.10. The standard InChI is InChI=1S/C15H14Cl2N2O2/c1-9(18)15(20)19-10-3-2-4-11(7-10)21-12-5-6-13(16)14(17)8-12/h2-9H,18H2,1H3,(H,19,20). The van der Waals surface area contributed by atoms with Crippen LogP contribution in [0.25, 0.3) is 0 Å². The van der Waals surface area contributed by atoms with Gasteiger partial charge < -0.3 is 15.8 Å². The third kappa shape index (κ3) is 4.36. The Morgan fingerprint density at radius 1 is 1.14 bits per heavy atom. The predicted molar refractivity (Wildman–Crippen MR) is 85.3 cm³/mol. The molecule has 0 aromatic heterocycles. The summed E-state index contributed by atoms with van der Waals surface area (Å²) >= 11 is 11.8. The molecule has 1 unspecified atom stereocenters. The van der Waals surface area contributed by atoms with Crippen LogP contribution in [0.15, 0.2) is 42.5 Å². The highest BCUT2D eigenvalue weighted by Gasteiger charge is 2.08. The number of ether oxygens (including phenoxy) is 1.